The zero-order valence-corrected chi connectivity index (χ0v) is 22.6. The minimum atomic E-state index is -0.201. The average molecular weight is 534 g/mol. The van der Waals surface area contributed by atoms with Crippen LogP contribution in [-0.2, 0) is 16.8 Å². The van der Waals surface area contributed by atoms with E-state index in [1.165, 1.54) is 27.8 Å². The van der Waals surface area contributed by atoms with Crippen LogP contribution >= 0.6 is 11.3 Å². The molecule has 38 heavy (non-hydrogen) atoms. The van der Waals surface area contributed by atoms with E-state index in [1.54, 1.807) is 0 Å². The molecule has 1 saturated carbocycles. The molecule has 3 aromatic heterocycles. The van der Waals surface area contributed by atoms with Gasteiger partial charge in [0.25, 0.3) is 5.56 Å². The summed E-state index contributed by atoms with van der Waals surface area (Å²) in [6.45, 7) is 8.04. The highest BCUT2D eigenvalue weighted by Gasteiger charge is 2.31. The topological polar surface area (TPSA) is 119 Å². The third-order valence-electron chi connectivity index (χ3n) is 7.14. The molecule has 1 atom stereocenters. The molecular formula is C27H31N7O3S. The predicted octanol–water partition coefficient (Wildman–Crippen LogP) is 3.74. The fourth-order valence-corrected chi connectivity index (χ4v) is 5.70. The van der Waals surface area contributed by atoms with E-state index in [4.69, 9.17) is 4.52 Å². The molecule has 4 heterocycles. The lowest BCUT2D eigenvalue weighted by molar-refractivity contribution is -0.125. The normalized spacial score (nSPS) is 18.2. The first-order valence-electron chi connectivity index (χ1n) is 13.1. The van der Waals surface area contributed by atoms with Crippen LogP contribution < -0.4 is 15.8 Å². The van der Waals surface area contributed by atoms with E-state index in [-0.39, 0.29) is 29.3 Å². The van der Waals surface area contributed by atoms with Crippen molar-refractivity contribution < 1.29 is 9.32 Å². The Labute approximate surface area is 224 Å². The van der Waals surface area contributed by atoms with Crippen molar-refractivity contribution in [3.63, 3.8) is 0 Å². The zero-order chi connectivity index (χ0) is 26.4. The quantitative estimate of drug-likeness (QED) is 0.398. The second kappa shape index (κ2) is 9.61. The van der Waals surface area contributed by atoms with Gasteiger partial charge in [-0.05, 0) is 36.7 Å². The molecule has 1 aliphatic heterocycles. The Bertz CT molecular complexity index is 1530. The molecule has 0 spiro atoms. The van der Waals surface area contributed by atoms with Crippen molar-refractivity contribution in [1.29, 1.82) is 0 Å². The summed E-state index contributed by atoms with van der Waals surface area (Å²) in [4.78, 5) is 41.5. The maximum atomic E-state index is 13.3. The number of thiazole rings is 1. The van der Waals surface area contributed by atoms with Gasteiger partial charge in [0.1, 0.15) is 17.6 Å². The molecule has 0 bridgehead atoms. The molecule has 1 aliphatic carbocycles. The van der Waals surface area contributed by atoms with Gasteiger partial charge in [0, 0.05) is 24.7 Å². The van der Waals surface area contributed by atoms with Crippen molar-refractivity contribution >= 4 is 32.7 Å². The number of anilines is 1. The summed E-state index contributed by atoms with van der Waals surface area (Å²) in [5, 5.41) is 7.94. The zero-order valence-electron chi connectivity index (χ0n) is 21.8. The summed E-state index contributed by atoms with van der Waals surface area (Å²) >= 11 is 1.32. The highest BCUT2D eigenvalue weighted by atomic mass is 32.1. The molecule has 10 nitrogen and oxygen atoms in total. The van der Waals surface area contributed by atoms with Crippen LogP contribution in [0.25, 0.3) is 21.7 Å². The Kier molecular flexibility index (Phi) is 6.25. The third kappa shape index (κ3) is 5.07. The minimum absolute atomic E-state index is 0.0580. The van der Waals surface area contributed by atoms with Crippen LogP contribution in [0.15, 0.2) is 39.9 Å². The smallest absolute Gasteiger partial charge is 0.273 e. The number of carbonyl (C=O) groups excluding carboxylic acids is 1. The first-order chi connectivity index (χ1) is 18.2. The first kappa shape index (κ1) is 24.7. The average Bonchev–Trinajstić information content (AvgIpc) is 3.41. The summed E-state index contributed by atoms with van der Waals surface area (Å²) in [5.74, 6) is 0.877. The lowest BCUT2D eigenvalue weighted by Gasteiger charge is -2.31. The number of nitrogens with one attached hydrogen (secondary N) is 1. The Balaban J connectivity index is 1.18. The lowest BCUT2D eigenvalue weighted by atomic mass is 9.87. The van der Waals surface area contributed by atoms with Crippen LogP contribution in [0.4, 0.5) is 5.13 Å². The van der Waals surface area contributed by atoms with E-state index >= 15 is 0 Å². The molecule has 2 aliphatic rings. The van der Waals surface area contributed by atoms with Gasteiger partial charge < -0.3 is 14.7 Å². The van der Waals surface area contributed by atoms with Crippen molar-refractivity contribution in [3.05, 3.63) is 52.4 Å². The molecule has 0 radical (unpaired) electrons. The number of benzene rings is 1. The van der Waals surface area contributed by atoms with E-state index < -0.39 is 0 Å². The predicted molar refractivity (Wildman–Crippen MR) is 145 cm³/mol. The summed E-state index contributed by atoms with van der Waals surface area (Å²) < 4.78 is 7.39. The maximum Gasteiger partial charge on any atom is 0.273 e. The number of piperidine rings is 1. The standard InChI is InChI=1S/C27H31N7O3S/c1-27(2,3)18-8-6-16(7-9-18)22-30-20(37-32-22)14-34-15-28-23-21(25(34)36)38-26(31-23)33-12-4-5-17(13-33)24(35)29-19-10-11-19/h6-9,15,17,19H,4-5,10-14H2,1-3H3,(H,29,35). The number of aromatic nitrogens is 5. The van der Waals surface area contributed by atoms with E-state index in [2.05, 4.69) is 63.2 Å². The molecule has 11 heteroatoms. The highest BCUT2D eigenvalue weighted by Crippen LogP contribution is 2.30. The van der Waals surface area contributed by atoms with Gasteiger partial charge in [-0.1, -0.05) is 61.5 Å². The molecule has 6 rings (SSSR count). The molecule has 1 N–H and O–H groups in total. The number of rotatable bonds is 6. The number of amides is 1. The Morgan fingerprint density at radius 2 is 1.95 bits per heavy atom. The van der Waals surface area contributed by atoms with Gasteiger partial charge in [0.05, 0.1) is 5.92 Å². The number of fused-ring (bicyclic) bond motifs is 1. The van der Waals surface area contributed by atoms with E-state index in [9.17, 15) is 9.59 Å². The monoisotopic (exact) mass is 533 g/mol. The van der Waals surface area contributed by atoms with Crippen LogP contribution in [0.3, 0.4) is 0 Å². The van der Waals surface area contributed by atoms with Gasteiger partial charge in [-0.3, -0.25) is 14.2 Å². The van der Waals surface area contributed by atoms with Crippen molar-refractivity contribution in [1.82, 2.24) is 30.0 Å². The molecule has 198 valence electrons. The fourth-order valence-electron chi connectivity index (χ4n) is 4.70. The maximum absolute atomic E-state index is 13.3. The van der Waals surface area contributed by atoms with Gasteiger partial charge in [0.15, 0.2) is 10.8 Å². The van der Waals surface area contributed by atoms with Crippen LogP contribution in [0, 0.1) is 5.92 Å². The SMILES string of the molecule is CC(C)(C)c1ccc(-c2noc(Cn3cnc4nc(N5CCCC(C(=O)NC6CC6)C5)sc4c3=O)n2)cc1. The van der Waals surface area contributed by atoms with Gasteiger partial charge >= 0.3 is 0 Å². The van der Waals surface area contributed by atoms with Gasteiger partial charge in [-0.2, -0.15) is 9.97 Å². The highest BCUT2D eigenvalue weighted by molar-refractivity contribution is 7.22. The van der Waals surface area contributed by atoms with Crippen LogP contribution in [-0.4, -0.2) is 49.7 Å². The van der Waals surface area contributed by atoms with E-state index in [0.29, 0.717) is 34.6 Å². The van der Waals surface area contributed by atoms with Crippen LogP contribution in [0.1, 0.15) is 57.9 Å². The van der Waals surface area contributed by atoms with Crippen LogP contribution in [0.2, 0.25) is 0 Å². The minimum Gasteiger partial charge on any atom is -0.353 e. The number of carbonyl (C=O) groups is 1. The second-order valence-electron chi connectivity index (χ2n) is 11.2. The molecule has 1 unspecified atom stereocenters. The van der Waals surface area contributed by atoms with Crippen molar-refractivity contribution in [3.8, 4) is 11.4 Å². The first-order valence-corrected chi connectivity index (χ1v) is 13.9. The van der Waals surface area contributed by atoms with Gasteiger partial charge in [0.2, 0.25) is 17.6 Å². The molecule has 1 saturated heterocycles. The number of nitrogens with zero attached hydrogens (tertiary/aromatic N) is 6. The van der Waals surface area contributed by atoms with Crippen molar-refractivity contribution in [2.24, 2.45) is 5.92 Å². The summed E-state index contributed by atoms with van der Waals surface area (Å²) in [5.41, 5.74) is 2.35. The van der Waals surface area contributed by atoms with Crippen molar-refractivity contribution in [2.75, 3.05) is 18.0 Å². The molecule has 4 aromatic rings. The van der Waals surface area contributed by atoms with Gasteiger partial charge in [-0.25, -0.2) is 4.98 Å². The lowest BCUT2D eigenvalue weighted by Crippen LogP contribution is -2.43. The molecule has 1 amide bonds. The van der Waals surface area contributed by atoms with Crippen LogP contribution in [0.5, 0.6) is 0 Å². The molecular weight excluding hydrogens is 502 g/mol. The Morgan fingerprint density at radius 1 is 1.16 bits per heavy atom. The largest absolute Gasteiger partial charge is 0.353 e. The molecule has 1 aromatic carbocycles. The van der Waals surface area contributed by atoms with E-state index in [1.807, 2.05) is 12.1 Å². The summed E-state index contributed by atoms with van der Waals surface area (Å²) in [6.07, 6.45) is 5.41. The summed E-state index contributed by atoms with van der Waals surface area (Å²) in [7, 11) is 0. The third-order valence-corrected chi connectivity index (χ3v) is 8.24. The number of hydrogen-bond donors (Lipinski definition) is 1. The fraction of sp³-hybridized carbons (Fsp3) is 0.481. The second-order valence-corrected chi connectivity index (χ2v) is 12.2. The summed E-state index contributed by atoms with van der Waals surface area (Å²) in [6, 6.07) is 8.45. The molecule has 2 fully saturated rings. The van der Waals surface area contributed by atoms with E-state index in [0.717, 1.165) is 42.9 Å². The van der Waals surface area contributed by atoms with Crippen molar-refractivity contribution in [2.45, 2.75) is 64.5 Å². The Hall–Kier alpha value is -3.60. The van der Waals surface area contributed by atoms with Gasteiger partial charge in [-0.15, -0.1) is 0 Å². The Morgan fingerprint density at radius 3 is 2.68 bits per heavy atom. The number of hydrogen-bond acceptors (Lipinski definition) is 9.